The van der Waals surface area contributed by atoms with Crippen molar-refractivity contribution in [3.05, 3.63) is 0 Å². The maximum Gasteiger partial charge on any atom is 0.0443 e. The van der Waals surface area contributed by atoms with Gasteiger partial charge in [-0.2, -0.15) is 0 Å². The Bertz CT molecular complexity index is 214. The van der Waals surface area contributed by atoms with Gasteiger partial charge in [0.15, 0.2) is 0 Å². The van der Waals surface area contributed by atoms with Crippen LogP contribution in [0.25, 0.3) is 0 Å². The Morgan fingerprint density at radius 2 is 2.06 bits per heavy atom. The first-order chi connectivity index (χ1) is 8.01. The van der Waals surface area contributed by atoms with Crippen molar-refractivity contribution in [3.8, 4) is 0 Å². The fourth-order valence-electron chi connectivity index (χ4n) is 2.47. The van der Waals surface area contributed by atoms with Gasteiger partial charge in [0.2, 0.25) is 0 Å². The molecule has 102 valence electrons. The first-order valence-corrected chi connectivity index (χ1v) is 7.03. The summed E-state index contributed by atoms with van der Waals surface area (Å²) in [4.78, 5) is 2.59. The number of aliphatic hydroxyl groups excluding tert-OH is 1. The van der Waals surface area contributed by atoms with E-state index >= 15 is 0 Å². The molecule has 1 aliphatic carbocycles. The second kappa shape index (κ2) is 6.72. The van der Waals surface area contributed by atoms with Crippen LogP contribution in [0.3, 0.4) is 0 Å². The topological polar surface area (TPSA) is 35.5 Å². The van der Waals surface area contributed by atoms with E-state index < -0.39 is 0 Å². The van der Waals surface area contributed by atoms with Gasteiger partial charge in [0.25, 0.3) is 0 Å². The van der Waals surface area contributed by atoms with E-state index in [9.17, 15) is 0 Å². The van der Waals surface area contributed by atoms with Gasteiger partial charge in [-0.25, -0.2) is 0 Å². The van der Waals surface area contributed by atoms with Crippen molar-refractivity contribution in [2.45, 2.75) is 58.5 Å². The third-order valence-electron chi connectivity index (χ3n) is 4.41. The van der Waals surface area contributed by atoms with Crippen LogP contribution in [0.2, 0.25) is 0 Å². The predicted molar refractivity (Wildman–Crippen MR) is 73.2 cm³/mol. The smallest absolute Gasteiger partial charge is 0.0443 e. The van der Waals surface area contributed by atoms with Gasteiger partial charge in [0.05, 0.1) is 0 Å². The van der Waals surface area contributed by atoms with Crippen LogP contribution in [-0.2, 0) is 0 Å². The Morgan fingerprint density at radius 3 is 2.47 bits per heavy atom. The Labute approximate surface area is 107 Å². The first kappa shape index (κ1) is 14.9. The lowest BCUT2D eigenvalue weighted by Gasteiger charge is -2.43. The van der Waals surface area contributed by atoms with E-state index in [1.54, 1.807) is 0 Å². The normalized spacial score (nSPS) is 19.4. The summed E-state index contributed by atoms with van der Waals surface area (Å²) in [5, 5.41) is 12.4. The maximum absolute atomic E-state index is 9.00. The molecular weight excluding hydrogens is 212 g/mol. The molecule has 1 saturated carbocycles. The van der Waals surface area contributed by atoms with Crippen LogP contribution >= 0.6 is 0 Å². The number of aliphatic hydroxyl groups is 1. The fraction of sp³-hybridized carbons (Fsp3) is 1.00. The molecule has 1 unspecified atom stereocenters. The Morgan fingerprint density at radius 1 is 1.41 bits per heavy atom. The van der Waals surface area contributed by atoms with Crippen LogP contribution < -0.4 is 5.32 Å². The van der Waals surface area contributed by atoms with Crippen molar-refractivity contribution in [3.63, 3.8) is 0 Å². The summed E-state index contributed by atoms with van der Waals surface area (Å²) in [5.41, 5.74) is 0.278. The van der Waals surface area contributed by atoms with Crippen molar-refractivity contribution in [2.24, 2.45) is 5.41 Å². The Balaban J connectivity index is 2.51. The van der Waals surface area contributed by atoms with E-state index in [1.165, 1.54) is 19.3 Å². The zero-order valence-corrected chi connectivity index (χ0v) is 12.0. The van der Waals surface area contributed by atoms with Crippen LogP contribution in [-0.4, -0.2) is 48.8 Å². The summed E-state index contributed by atoms with van der Waals surface area (Å²) in [6.07, 6.45) is 4.97. The predicted octanol–water partition coefficient (Wildman–Crippen LogP) is 1.86. The second-order valence-electron chi connectivity index (χ2n) is 6.13. The van der Waals surface area contributed by atoms with Gasteiger partial charge < -0.3 is 10.4 Å². The molecule has 0 spiro atoms. The number of rotatable bonds is 8. The van der Waals surface area contributed by atoms with E-state index in [-0.39, 0.29) is 5.41 Å². The zero-order chi connectivity index (χ0) is 12.9. The molecule has 0 bridgehead atoms. The highest BCUT2D eigenvalue weighted by molar-refractivity contribution is 4.88. The number of hydrogen-bond acceptors (Lipinski definition) is 3. The molecule has 3 heteroatoms. The quantitative estimate of drug-likeness (QED) is 0.682. The molecular formula is C14H30N2O. The van der Waals surface area contributed by atoms with Crippen LogP contribution in [0.15, 0.2) is 0 Å². The lowest BCUT2D eigenvalue weighted by Crippen LogP contribution is -2.50. The van der Waals surface area contributed by atoms with Gasteiger partial charge in [0, 0.05) is 31.8 Å². The van der Waals surface area contributed by atoms with Crippen molar-refractivity contribution < 1.29 is 5.11 Å². The van der Waals surface area contributed by atoms with Crippen molar-refractivity contribution in [2.75, 3.05) is 26.7 Å². The Hall–Kier alpha value is -0.120. The lowest BCUT2D eigenvalue weighted by atomic mass is 9.82. The highest BCUT2D eigenvalue weighted by Gasteiger charge is 2.32. The lowest BCUT2D eigenvalue weighted by molar-refractivity contribution is 0.0630. The standard InChI is InChI=1S/C14H30N2O/c1-12(15-4)14(2,3)11-16(9-6-10-17)13-7-5-8-13/h12-13,15,17H,5-11H2,1-4H3. The van der Waals surface area contributed by atoms with E-state index in [0.29, 0.717) is 12.6 Å². The van der Waals surface area contributed by atoms with Gasteiger partial charge in [-0.05, 0) is 38.6 Å². The number of nitrogens with zero attached hydrogens (tertiary/aromatic N) is 1. The largest absolute Gasteiger partial charge is 0.396 e. The fourth-order valence-corrected chi connectivity index (χ4v) is 2.47. The zero-order valence-electron chi connectivity index (χ0n) is 12.0. The van der Waals surface area contributed by atoms with Gasteiger partial charge in [-0.1, -0.05) is 20.3 Å². The molecule has 0 saturated heterocycles. The molecule has 0 aromatic heterocycles. The van der Waals surface area contributed by atoms with E-state index in [0.717, 1.165) is 25.6 Å². The highest BCUT2D eigenvalue weighted by atomic mass is 16.3. The molecule has 1 rings (SSSR count). The van der Waals surface area contributed by atoms with Crippen molar-refractivity contribution in [1.82, 2.24) is 10.2 Å². The van der Waals surface area contributed by atoms with Crippen molar-refractivity contribution in [1.29, 1.82) is 0 Å². The molecule has 0 aromatic rings. The molecule has 3 nitrogen and oxygen atoms in total. The molecule has 1 aliphatic rings. The Kier molecular flexibility index (Phi) is 5.90. The third-order valence-corrected chi connectivity index (χ3v) is 4.41. The first-order valence-electron chi connectivity index (χ1n) is 7.03. The number of nitrogens with one attached hydrogen (secondary N) is 1. The maximum atomic E-state index is 9.00. The van der Waals surface area contributed by atoms with Gasteiger partial charge >= 0.3 is 0 Å². The third kappa shape index (κ3) is 4.23. The van der Waals surface area contributed by atoms with E-state index in [1.807, 2.05) is 7.05 Å². The molecule has 0 heterocycles. The van der Waals surface area contributed by atoms with Gasteiger partial charge in [0.1, 0.15) is 0 Å². The molecule has 2 N–H and O–H groups in total. The summed E-state index contributed by atoms with van der Waals surface area (Å²) in [6, 6.07) is 1.28. The molecule has 0 aliphatic heterocycles. The minimum absolute atomic E-state index is 0.278. The monoisotopic (exact) mass is 242 g/mol. The summed E-state index contributed by atoms with van der Waals surface area (Å²) in [6.45, 7) is 9.40. The van der Waals surface area contributed by atoms with Crippen LogP contribution in [0.1, 0.15) is 46.5 Å². The average Bonchev–Trinajstić information content (AvgIpc) is 2.21. The summed E-state index contributed by atoms with van der Waals surface area (Å²) in [5.74, 6) is 0. The summed E-state index contributed by atoms with van der Waals surface area (Å²) in [7, 11) is 2.04. The van der Waals surface area contributed by atoms with E-state index in [4.69, 9.17) is 5.11 Å². The molecule has 0 aromatic carbocycles. The van der Waals surface area contributed by atoms with Gasteiger partial charge in [-0.15, -0.1) is 0 Å². The van der Waals surface area contributed by atoms with Gasteiger partial charge in [-0.3, -0.25) is 4.90 Å². The molecule has 0 amide bonds. The van der Waals surface area contributed by atoms with Crippen LogP contribution in [0.5, 0.6) is 0 Å². The molecule has 0 radical (unpaired) electrons. The minimum atomic E-state index is 0.278. The molecule has 1 fully saturated rings. The number of hydrogen-bond donors (Lipinski definition) is 2. The molecule has 17 heavy (non-hydrogen) atoms. The average molecular weight is 242 g/mol. The summed E-state index contributed by atoms with van der Waals surface area (Å²) >= 11 is 0. The highest BCUT2D eigenvalue weighted by Crippen LogP contribution is 2.30. The minimum Gasteiger partial charge on any atom is -0.396 e. The molecule has 1 atom stereocenters. The van der Waals surface area contributed by atoms with Crippen molar-refractivity contribution >= 4 is 0 Å². The second-order valence-corrected chi connectivity index (χ2v) is 6.13. The summed E-state index contributed by atoms with van der Waals surface area (Å²) < 4.78 is 0. The van der Waals surface area contributed by atoms with E-state index in [2.05, 4.69) is 31.0 Å². The SMILES string of the molecule is CNC(C)C(C)(C)CN(CCCO)C1CCC1. The van der Waals surface area contributed by atoms with Crippen LogP contribution in [0.4, 0.5) is 0 Å². The van der Waals surface area contributed by atoms with Crippen LogP contribution in [0, 0.1) is 5.41 Å².